The number of esters is 1. The standard InChI is InChI=1S/C21H22FNO4/c1-14(2)16-6-4-5-7-18(16)23-20(24)13-27-21(25)11-9-15-8-10-19(26-3)17(22)12-15/h4-12,14H,13H2,1-3H3,(H,23,24)/b11-9+. The Morgan fingerprint density at radius 1 is 1.19 bits per heavy atom. The number of anilines is 1. The SMILES string of the molecule is COc1ccc(/C=C/C(=O)OCC(=O)Nc2ccccc2C(C)C)cc1F. The molecule has 0 aliphatic rings. The van der Waals surface area contributed by atoms with Crippen molar-refractivity contribution in [1.82, 2.24) is 0 Å². The molecule has 0 aliphatic heterocycles. The summed E-state index contributed by atoms with van der Waals surface area (Å²) in [4.78, 5) is 23.8. The molecule has 2 aromatic carbocycles. The predicted octanol–water partition coefficient (Wildman–Crippen LogP) is 4.15. The van der Waals surface area contributed by atoms with Gasteiger partial charge in [-0.05, 0) is 41.3 Å². The largest absolute Gasteiger partial charge is 0.494 e. The van der Waals surface area contributed by atoms with E-state index in [-0.39, 0.29) is 11.7 Å². The molecule has 5 nitrogen and oxygen atoms in total. The quantitative estimate of drug-likeness (QED) is 0.586. The highest BCUT2D eigenvalue weighted by atomic mass is 19.1. The van der Waals surface area contributed by atoms with Crippen LogP contribution in [0.2, 0.25) is 0 Å². The number of amides is 1. The minimum atomic E-state index is -0.696. The molecular formula is C21H22FNO4. The predicted molar refractivity (Wildman–Crippen MR) is 102 cm³/mol. The van der Waals surface area contributed by atoms with E-state index >= 15 is 0 Å². The number of nitrogens with one attached hydrogen (secondary N) is 1. The number of hydrogen-bond donors (Lipinski definition) is 1. The molecule has 2 aromatic rings. The normalized spacial score (nSPS) is 10.9. The topological polar surface area (TPSA) is 64.6 Å². The van der Waals surface area contributed by atoms with Gasteiger partial charge in [-0.2, -0.15) is 0 Å². The van der Waals surface area contributed by atoms with Gasteiger partial charge in [0.05, 0.1) is 7.11 Å². The van der Waals surface area contributed by atoms with Gasteiger partial charge in [-0.3, -0.25) is 4.79 Å². The molecule has 0 fully saturated rings. The number of ether oxygens (including phenoxy) is 2. The molecule has 0 saturated heterocycles. The van der Waals surface area contributed by atoms with E-state index in [0.29, 0.717) is 11.3 Å². The first kappa shape index (κ1) is 20.2. The molecule has 0 radical (unpaired) electrons. The molecule has 0 aromatic heterocycles. The van der Waals surface area contributed by atoms with E-state index in [9.17, 15) is 14.0 Å². The Hall–Kier alpha value is -3.15. The van der Waals surface area contributed by atoms with Crippen LogP contribution < -0.4 is 10.1 Å². The molecule has 2 rings (SSSR count). The van der Waals surface area contributed by atoms with E-state index in [4.69, 9.17) is 9.47 Å². The van der Waals surface area contributed by atoms with Crippen molar-refractivity contribution in [3.8, 4) is 5.75 Å². The highest BCUT2D eigenvalue weighted by Crippen LogP contribution is 2.23. The number of para-hydroxylation sites is 1. The Kier molecular flexibility index (Phi) is 7.11. The first-order chi connectivity index (χ1) is 12.9. The van der Waals surface area contributed by atoms with Gasteiger partial charge in [0.2, 0.25) is 0 Å². The van der Waals surface area contributed by atoms with Crippen LogP contribution in [0.1, 0.15) is 30.9 Å². The van der Waals surface area contributed by atoms with Crippen molar-refractivity contribution in [1.29, 1.82) is 0 Å². The second kappa shape index (κ2) is 9.52. The fraction of sp³-hybridized carbons (Fsp3) is 0.238. The number of benzene rings is 2. The molecule has 0 heterocycles. The first-order valence-corrected chi connectivity index (χ1v) is 8.48. The lowest BCUT2D eigenvalue weighted by molar-refractivity contribution is -0.142. The van der Waals surface area contributed by atoms with Gasteiger partial charge in [-0.25, -0.2) is 9.18 Å². The average Bonchev–Trinajstić information content (AvgIpc) is 2.65. The van der Waals surface area contributed by atoms with Crippen LogP contribution in [0.3, 0.4) is 0 Å². The second-order valence-corrected chi connectivity index (χ2v) is 6.13. The van der Waals surface area contributed by atoms with E-state index in [1.165, 1.54) is 25.3 Å². The summed E-state index contributed by atoms with van der Waals surface area (Å²) in [5.74, 6) is -1.29. The molecule has 0 saturated carbocycles. The van der Waals surface area contributed by atoms with E-state index in [2.05, 4.69) is 5.32 Å². The van der Waals surface area contributed by atoms with E-state index in [0.717, 1.165) is 11.6 Å². The number of halogens is 1. The van der Waals surface area contributed by atoms with Gasteiger partial charge in [-0.1, -0.05) is 38.1 Å². The molecule has 142 valence electrons. The van der Waals surface area contributed by atoms with Crippen molar-refractivity contribution in [2.75, 3.05) is 19.0 Å². The van der Waals surface area contributed by atoms with Crippen LogP contribution in [0.25, 0.3) is 6.08 Å². The zero-order valence-electron chi connectivity index (χ0n) is 15.5. The highest BCUT2D eigenvalue weighted by Gasteiger charge is 2.10. The summed E-state index contributed by atoms with van der Waals surface area (Å²) in [5, 5.41) is 2.74. The Balaban J connectivity index is 1.88. The van der Waals surface area contributed by atoms with Crippen molar-refractivity contribution >= 4 is 23.6 Å². The molecule has 1 amide bonds. The average molecular weight is 371 g/mol. The molecule has 0 spiro atoms. The van der Waals surface area contributed by atoms with Crippen LogP contribution in [0.4, 0.5) is 10.1 Å². The lowest BCUT2D eigenvalue weighted by Gasteiger charge is -2.13. The Labute approximate surface area is 157 Å². The minimum absolute atomic E-state index is 0.119. The van der Waals surface area contributed by atoms with Gasteiger partial charge >= 0.3 is 5.97 Å². The molecule has 1 N–H and O–H groups in total. The van der Waals surface area contributed by atoms with Crippen molar-refractivity contribution in [2.24, 2.45) is 0 Å². The summed E-state index contributed by atoms with van der Waals surface area (Å²) in [6.45, 7) is 3.64. The Morgan fingerprint density at radius 3 is 2.59 bits per heavy atom. The maximum atomic E-state index is 13.6. The molecule has 6 heteroatoms. The summed E-state index contributed by atoms with van der Waals surface area (Å²) < 4.78 is 23.3. The van der Waals surface area contributed by atoms with Gasteiger partial charge in [0.15, 0.2) is 18.2 Å². The Morgan fingerprint density at radius 2 is 1.93 bits per heavy atom. The van der Waals surface area contributed by atoms with Crippen molar-refractivity contribution in [3.05, 3.63) is 65.5 Å². The molecule has 0 atom stereocenters. The summed E-state index contributed by atoms with van der Waals surface area (Å²) in [6.07, 6.45) is 2.54. The van der Waals surface area contributed by atoms with E-state index in [1.54, 1.807) is 12.1 Å². The molecular weight excluding hydrogens is 349 g/mol. The second-order valence-electron chi connectivity index (χ2n) is 6.13. The highest BCUT2D eigenvalue weighted by molar-refractivity contribution is 5.95. The summed E-state index contributed by atoms with van der Waals surface area (Å²) in [6, 6.07) is 11.7. The number of rotatable bonds is 7. The summed E-state index contributed by atoms with van der Waals surface area (Å²) in [7, 11) is 1.37. The van der Waals surface area contributed by atoms with Gasteiger partial charge in [0.1, 0.15) is 0 Å². The minimum Gasteiger partial charge on any atom is -0.494 e. The van der Waals surface area contributed by atoms with E-state index < -0.39 is 24.3 Å². The van der Waals surface area contributed by atoms with Crippen LogP contribution in [0.15, 0.2) is 48.5 Å². The van der Waals surface area contributed by atoms with Crippen LogP contribution in [0.5, 0.6) is 5.75 Å². The van der Waals surface area contributed by atoms with Crippen molar-refractivity contribution < 1.29 is 23.5 Å². The number of hydrogen-bond acceptors (Lipinski definition) is 4. The van der Waals surface area contributed by atoms with Gasteiger partial charge in [0, 0.05) is 11.8 Å². The van der Waals surface area contributed by atoms with Crippen LogP contribution in [-0.2, 0) is 14.3 Å². The van der Waals surface area contributed by atoms with E-state index in [1.807, 2.05) is 32.0 Å². The summed E-state index contributed by atoms with van der Waals surface area (Å²) >= 11 is 0. The van der Waals surface area contributed by atoms with Gasteiger partial charge in [0.25, 0.3) is 5.91 Å². The summed E-state index contributed by atoms with van der Waals surface area (Å²) in [5.41, 5.74) is 2.16. The third-order valence-corrected chi connectivity index (χ3v) is 3.79. The lowest BCUT2D eigenvalue weighted by atomic mass is 10.0. The fourth-order valence-electron chi connectivity index (χ4n) is 2.44. The zero-order chi connectivity index (χ0) is 19.8. The Bertz CT molecular complexity index is 846. The molecule has 0 bridgehead atoms. The van der Waals surface area contributed by atoms with Crippen molar-refractivity contribution in [3.63, 3.8) is 0 Å². The third kappa shape index (κ3) is 5.95. The lowest BCUT2D eigenvalue weighted by Crippen LogP contribution is -2.21. The zero-order valence-corrected chi connectivity index (χ0v) is 15.5. The molecule has 27 heavy (non-hydrogen) atoms. The van der Waals surface area contributed by atoms with Crippen LogP contribution in [0, 0.1) is 5.82 Å². The van der Waals surface area contributed by atoms with Crippen LogP contribution >= 0.6 is 0 Å². The van der Waals surface area contributed by atoms with Gasteiger partial charge < -0.3 is 14.8 Å². The number of methoxy groups -OCH3 is 1. The third-order valence-electron chi connectivity index (χ3n) is 3.79. The maximum absolute atomic E-state index is 13.6. The number of carbonyl (C=O) groups excluding carboxylic acids is 2. The first-order valence-electron chi connectivity index (χ1n) is 8.48. The molecule has 0 unspecified atom stereocenters. The van der Waals surface area contributed by atoms with Crippen LogP contribution in [-0.4, -0.2) is 25.6 Å². The fourth-order valence-corrected chi connectivity index (χ4v) is 2.44. The molecule has 0 aliphatic carbocycles. The smallest absolute Gasteiger partial charge is 0.331 e. The monoisotopic (exact) mass is 371 g/mol. The van der Waals surface area contributed by atoms with Crippen molar-refractivity contribution in [2.45, 2.75) is 19.8 Å². The number of carbonyl (C=O) groups is 2. The maximum Gasteiger partial charge on any atom is 0.331 e. The van der Waals surface area contributed by atoms with Gasteiger partial charge in [-0.15, -0.1) is 0 Å².